The number of nitrogen functional groups attached to an aromatic ring is 1. The molecule has 0 spiro atoms. The monoisotopic (exact) mass is 214 g/mol. The third-order valence-electron chi connectivity index (χ3n) is 2.33. The lowest BCUT2D eigenvalue weighted by Gasteiger charge is -2.06. The lowest BCUT2D eigenvalue weighted by atomic mass is 10.0. The molecular formula is C12H10N2O2. The first-order valence-corrected chi connectivity index (χ1v) is 4.78. The summed E-state index contributed by atoms with van der Waals surface area (Å²) in [5.74, 6) is 0. The third-order valence-corrected chi connectivity index (χ3v) is 2.33. The topological polar surface area (TPSA) is 69.2 Å². The molecule has 0 atom stereocenters. The molecule has 0 radical (unpaired) electrons. The summed E-state index contributed by atoms with van der Waals surface area (Å²) in [5.41, 5.74) is 7.47. The van der Waals surface area contributed by atoms with Crippen LogP contribution in [0.1, 0.15) is 0 Å². The van der Waals surface area contributed by atoms with Crippen molar-refractivity contribution in [2.75, 3.05) is 5.73 Å². The van der Waals surface area contributed by atoms with Crippen LogP contribution >= 0.6 is 0 Å². The van der Waals surface area contributed by atoms with Crippen molar-refractivity contribution in [3.05, 3.63) is 58.6 Å². The van der Waals surface area contributed by atoms with Crippen LogP contribution in [0.15, 0.2) is 48.5 Å². The van der Waals surface area contributed by atoms with Gasteiger partial charge in [0.05, 0.1) is 10.5 Å². The van der Waals surface area contributed by atoms with Crippen LogP contribution in [0.5, 0.6) is 0 Å². The minimum atomic E-state index is -0.418. The van der Waals surface area contributed by atoms with Crippen molar-refractivity contribution in [2.45, 2.75) is 0 Å². The molecule has 2 rings (SSSR count). The number of hydrogen-bond acceptors (Lipinski definition) is 3. The number of anilines is 1. The van der Waals surface area contributed by atoms with E-state index in [1.54, 1.807) is 24.3 Å². The number of hydrogen-bond donors (Lipinski definition) is 1. The Labute approximate surface area is 92.5 Å². The van der Waals surface area contributed by atoms with Crippen LogP contribution < -0.4 is 5.73 Å². The van der Waals surface area contributed by atoms with Gasteiger partial charge in [0, 0.05) is 11.8 Å². The summed E-state index contributed by atoms with van der Waals surface area (Å²) in [6.07, 6.45) is 0. The molecule has 0 aromatic heterocycles. The zero-order chi connectivity index (χ0) is 11.5. The van der Waals surface area contributed by atoms with Gasteiger partial charge in [-0.1, -0.05) is 36.4 Å². The van der Waals surface area contributed by atoms with Crippen molar-refractivity contribution in [2.24, 2.45) is 0 Å². The first-order valence-electron chi connectivity index (χ1n) is 4.78. The second kappa shape index (κ2) is 4.02. The second-order valence-corrected chi connectivity index (χ2v) is 3.36. The van der Waals surface area contributed by atoms with Gasteiger partial charge in [0.1, 0.15) is 0 Å². The molecule has 2 N–H and O–H groups in total. The number of nitrogens with two attached hydrogens (primary N) is 1. The molecule has 4 nitrogen and oxygen atoms in total. The van der Waals surface area contributed by atoms with Gasteiger partial charge in [-0.25, -0.2) is 0 Å². The maximum atomic E-state index is 10.9. The molecule has 0 unspecified atom stereocenters. The number of rotatable bonds is 2. The highest BCUT2D eigenvalue weighted by Gasteiger charge is 2.16. The first-order chi connectivity index (χ1) is 7.70. The average molecular weight is 214 g/mol. The summed E-state index contributed by atoms with van der Waals surface area (Å²) >= 11 is 0. The Morgan fingerprint density at radius 3 is 2.31 bits per heavy atom. The molecule has 0 aliphatic rings. The van der Waals surface area contributed by atoms with E-state index in [2.05, 4.69) is 0 Å². The molecule has 2 aromatic carbocycles. The van der Waals surface area contributed by atoms with Crippen molar-refractivity contribution >= 4 is 11.4 Å². The molecule has 0 saturated carbocycles. The summed E-state index contributed by atoms with van der Waals surface area (Å²) in [4.78, 5) is 10.5. The van der Waals surface area contributed by atoms with E-state index in [9.17, 15) is 10.1 Å². The van der Waals surface area contributed by atoms with Gasteiger partial charge < -0.3 is 5.73 Å². The predicted octanol–water partition coefficient (Wildman–Crippen LogP) is 2.84. The van der Waals surface area contributed by atoms with Crippen LogP contribution in [-0.4, -0.2) is 4.92 Å². The molecule has 0 bridgehead atoms. The fourth-order valence-electron chi connectivity index (χ4n) is 1.63. The maximum Gasteiger partial charge on any atom is 0.279 e. The van der Waals surface area contributed by atoms with Crippen LogP contribution in [-0.2, 0) is 0 Å². The molecule has 16 heavy (non-hydrogen) atoms. The average Bonchev–Trinajstić information content (AvgIpc) is 2.29. The minimum absolute atomic E-state index is 0.0335. The number of nitrogens with zero attached hydrogens (tertiary/aromatic N) is 1. The van der Waals surface area contributed by atoms with Gasteiger partial charge in [-0.05, 0) is 11.6 Å². The van der Waals surface area contributed by atoms with Crippen LogP contribution in [0.4, 0.5) is 11.4 Å². The Morgan fingerprint density at radius 1 is 1.00 bits per heavy atom. The van der Waals surface area contributed by atoms with E-state index in [0.717, 1.165) is 5.56 Å². The number of nitro groups is 1. The molecule has 0 heterocycles. The van der Waals surface area contributed by atoms with E-state index in [4.69, 9.17) is 5.73 Å². The Hall–Kier alpha value is -2.36. The van der Waals surface area contributed by atoms with Gasteiger partial charge in [0.25, 0.3) is 5.69 Å². The van der Waals surface area contributed by atoms with Crippen LogP contribution in [0.2, 0.25) is 0 Å². The summed E-state index contributed by atoms with van der Waals surface area (Å²) < 4.78 is 0. The van der Waals surface area contributed by atoms with Gasteiger partial charge in [0.2, 0.25) is 0 Å². The lowest BCUT2D eigenvalue weighted by Crippen LogP contribution is -1.96. The van der Waals surface area contributed by atoms with Gasteiger partial charge in [0.15, 0.2) is 0 Å². The molecule has 0 amide bonds. The van der Waals surface area contributed by atoms with Gasteiger partial charge in [-0.15, -0.1) is 0 Å². The molecule has 4 heteroatoms. The van der Waals surface area contributed by atoms with E-state index in [1.165, 1.54) is 6.07 Å². The van der Waals surface area contributed by atoms with Crippen molar-refractivity contribution in [3.8, 4) is 11.1 Å². The van der Waals surface area contributed by atoms with E-state index in [1.807, 2.05) is 18.2 Å². The van der Waals surface area contributed by atoms with E-state index < -0.39 is 4.92 Å². The van der Waals surface area contributed by atoms with E-state index in [-0.39, 0.29) is 5.69 Å². The van der Waals surface area contributed by atoms with Crippen molar-refractivity contribution in [3.63, 3.8) is 0 Å². The lowest BCUT2D eigenvalue weighted by molar-refractivity contribution is -0.384. The standard InChI is InChI=1S/C12H10N2O2/c13-10-7-4-8-11(14(15)16)12(10)9-5-2-1-3-6-9/h1-8H,13H2. The number of nitro benzene ring substituents is 1. The van der Waals surface area contributed by atoms with E-state index in [0.29, 0.717) is 11.3 Å². The highest BCUT2D eigenvalue weighted by molar-refractivity contribution is 5.84. The smallest absolute Gasteiger partial charge is 0.279 e. The summed E-state index contributed by atoms with van der Waals surface area (Å²) in [5, 5.41) is 10.9. The highest BCUT2D eigenvalue weighted by atomic mass is 16.6. The quantitative estimate of drug-likeness (QED) is 0.474. The normalized spacial score (nSPS) is 10.0. The van der Waals surface area contributed by atoms with Crippen LogP contribution in [0.25, 0.3) is 11.1 Å². The zero-order valence-corrected chi connectivity index (χ0v) is 8.46. The highest BCUT2D eigenvalue weighted by Crippen LogP contribution is 2.34. The molecule has 0 saturated heterocycles. The third kappa shape index (κ3) is 1.72. The maximum absolute atomic E-state index is 10.9. The second-order valence-electron chi connectivity index (χ2n) is 3.36. The Morgan fingerprint density at radius 2 is 1.69 bits per heavy atom. The largest absolute Gasteiger partial charge is 0.398 e. The van der Waals surface area contributed by atoms with Crippen LogP contribution in [0.3, 0.4) is 0 Å². The Kier molecular flexibility index (Phi) is 2.55. The molecule has 0 aliphatic carbocycles. The minimum Gasteiger partial charge on any atom is -0.398 e. The van der Waals surface area contributed by atoms with Gasteiger partial charge in [-0.3, -0.25) is 10.1 Å². The van der Waals surface area contributed by atoms with Crippen molar-refractivity contribution < 1.29 is 4.92 Å². The van der Waals surface area contributed by atoms with Crippen molar-refractivity contribution in [1.29, 1.82) is 0 Å². The summed E-state index contributed by atoms with van der Waals surface area (Å²) in [6.45, 7) is 0. The van der Waals surface area contributed by atoms with E-state index >= 15 is 0 Å². The molecule has 0 fully saturated rings. The molecular weight excluding hydrogens is 204 g/mol. The van der Waals surface area contributed by atoms with Gasteiger partial charge in [-0.2, -0.15) is 0 Å². The molecule has 0 aliphatic heterocycles. The van der Waals surface area contributed by atoms with Crippen molar-refractivity contribution in [1.82, 2.24) is 0 Å². The molecule has 2 aromatic rings. The van der Waals surface area contributed by atoms with Crippen LogP contribution in [0, 0.1) is 10.1 Å². The SMILES string of the molecule is Nc1cccc([N+](=O)[O-])c1-c1ccccc1. The summed E-state index contributed by atoms with van der Waals surface area (Å²) in [6, 6.07) is 13.8. The van der Waals surface area contributed by atoms with Gasteiger partial charge >= 0.3 is 0 Å². The first kappa shape index (κ1) is 10.2. The molecule has 80 valence electrons. The fourth-order valence-corrected chi connectivity index (χ4v) is 1.63. The summed E-state index contributed by atoms with van der Waals surface area (Å²) in [7, 11) is 0. The predicted molar refractivity (Wildman–Crippen MR) is 62.9 cm³/mol. The number of benzene rings is 2. The zero-order valence-electron chi connectivity index (χ0n) is 8.46. The fraction of sp³-hybridized carbons (Fsp3) is 0. The Bertz CT molecular complexity index is 524. The Balaban J connectivity index is 2.68.